The standard InChI is InChI=1S/C18H27F2N3O/c1-12(2)11-23-8-6-15(7-9-23)22-18(24)21-13(3)16-5-4-14(19)10-17(16)20/h4-5,10,12-13,15H,6-9,11H2,1-3H3,(H2,21,22,24)/t13-/m0/s1. The Hall–Kier alpha value is -1.69. The van der Waals surface area contributed by atoms with E-state index in [2.05, 4.69) is 29.4 Å². The van der Waals surface area contributed by atoms with Crippen molar-refractivity contribution in [2.75, 3.05) is 19.6 Å². The molecule has 2 N–H and O–H groups in total. The van der Waals surface area contributed by atoms with Gasteiger partial charge in [-0.1, -0.05) is 19.9 Å². The Morgan fingerprint density at radius 2 is 1.92 bits per heavy atom. The summed E-state index contributed by atoms with van der Waals surface area (Å²) in [5.74, 6) is -0.630. The number of piperidine rings is 1. The third kappa shape index (κ3) is 5.44. The molecule has 134 valence electrons. The van der Waals surface area contributed by atoms with Gasteiger partial charge in [0, 0.05) is 37.3 Å². The van der Waals surface area contributed by atoms with Gasteiger partial charge in [-0.05, 0) is 31.7 Å². The van der Waals surface area contributed by atoms with Crippen molar-refractivity contribution < 1.29 is 13.6 Å². The predicted molar refractivity (Wildman–Crippen MR) is 90.7 cm³/mol. The molecule has 0 saturated carbocycles. The van der Waals surface area contributed by atoms with Gasteiger partial charge in [-0.15, -0.1) is 0 Å². The van der Waals surface area contributed by atoms with Crippen LogP contribution in [0.2, 0.25) is 0 Å². The number of likely N-dealkylation sites (tertiary alicyclic amines) is 1. The Morgan fingerprint density at radius 1 is 1.25 bits per heavy atom. The van der Waals surface area contributed by atoms with E-state index in [4.69, 9.17) is 0 Å². The molecule has 0 aliphatic carbocycles. The first-order valence-electron chi connectivity index (χ1n) is 8.59. The second-order valence-corrected chi connectivity index (χ2v) is 6.97. The molecule has 1 fully saturated rings. The molecule has 1 heterocycles. The van der Waals surface area contributed by atoms with Gasteiger partial charge in [-0.3, -0.25) is 0 Å². The topological polar surface area (TPSA) is 44.4 Å². The Kier molecular flexibility index (Phi) is 6.54. The fraction of sp³-hybridized carbons (Fsp3) is 0.611. The molecule has 2 amide bonds. The predicted octanol–water partition coefficient (Wildman–Crippen LogP) is 3.45. The Morgan fingerprint density at radius 3 is 2.50 bits per heavy atom. The SMILES string of the molecule is CC(C)CN1CCC(NC(=O)N[C@@H](C)c2ccc(F)cc2F)CC1. The van der Waals surface area contributed by atoms with E-state index in [-0.39, 0.29) is 17.6 Å². The van der Waals surface area contributed by atoms with Crippen molar-refractivity contribution in [1.82, 2.24) is 15.5 Å². The average Bonchev–Trinajstić information content (AvgIpc) is 2.48. The first kappa shape index (κ1) is 18.6. The van der Waals surface area contributed by atoms with Gasteiger partial charge in [0.2, 0.25) is 0 Å². The molecule has 1 aromatic rings. The van der Waals surface area contributed by atoms with E-state index < -0.39 is 17.7 Å². The molecular weight excluding hydrogens is 312 g/mol. The molecule has 0 aromatic heterocycles. The second kappa shape index (κ2) is 8.42. The molecule has 6 heteroatoms. The maximum Gasteiger partial charge on any atom is 0.315 e. The van der Waals surface area contributed by atoms with Crippen molar-refractivity contribution >= 4 is 6.03 Å². The van der Waals surface area contributed by atoms with Gasteiger partial charge in [0.15, 0.2) is 0 Å². The third-order valence-corrected chi connectivity index (χ3v) is 4.32. The van der Waals surface area contributed by atoms with Gasteiger partial charge in [-0.25, -0.2) is 13.6 Å². The Labute approximate surface area is 142 Å². The molecular formula is C18H27F2N3O. The summed E-state index contributed by atoms with van der Waals surface area (Å²) in [4.78, 5) is 14.5. The quantitative estimate of drug-likeness (QED) is 0.863. The molecule has 0 radical (unpaired) electrons. The molecule has 4 nitrogen and oxygen atoms in total. The van der Waals surface area contributed by atoms with E-state index in [0.29, 0.717) is 5.92 Å². The van der Waals surface area contributed by atoms with E-state index in [9.17, 15) is 13.6 Å². The molecule has 1 aliphatic heterocycles. The zero-order valence-corrected chi connectivity index (χ0v) is 14.6. The number of hydrogen-bond donors (Lipinski definition) is 2. The number of carbonyl (C=O) groups is 1. The Bertz CT molecular complexity index is 557. The van der Waals surface area contributed by atoms with Crippen molar-refractivity contribution in [2.24, 2.45) is 5.92 Å². The van der Waals surface area contributed by atoms with E-state index in [1.54, 1.807) is 6.92 Å². The first-order chi connectivity index (χ1) is 11.3. The van der Waals surface area contributed by atoms with Crippen LogP contribution in [-0.2, 0) is 0 Å². The smallest absolute Gasteiger partial charge is 0.315 e. The van der Waals surface area contributed by atoms with Crippen molar-refractivity contribution in [3.05, 3.63) is 35.4 Å². The van der Waals surface area contributed by atoms with Crippen molar-refractivity contribution in [3.8, 4) is 0 Å². The summed E-state index contributed by atoms with van der Waals surface area (Å²) in [5.41, 5.74) is 0.276. The number of benzene rings is 1. The van der Waals surface area contributed by atoms with Crippen molar-refractivity contribution in [2.45, 2.75) is 45.7 Å². The lowest BCUT2D eigenvalue weighted by atomic mass is 10.0. The maximum absolute atomic E-state index is 13.7. The van der Waals surface area contributed by atoms with Crippen molar-refractivity contribution in [1.29, 1.82) is 0 Å². The van der Waals surface area contributed by atoms with Crippen LogP contribution in [0.1, 0.15) is 45.2 Å². The molecule has 2 rings (SSSR count). The molecule has 24 heavy (non-hydrogen) atoms. The van der Waals surface area contributed by atoms with Gasteiger partial charge < -0.3 is 15.5 Å². The minimum atomic E-state index is -0.648. The fourth-order valence-corrected chi connectivity index (χ4v) is 3.13. The molecule has 1 saturated heterocycles. The van der Waals surface area contributed by atoms with Gasteiger partial charge in [0.1, 0.15) is 11.6 Å². The summed E-state index contributed by atoms with van der Waals surface area (Å²) in [5, 5.41) is 5.67. The number of halogens is 2. The monoisotopic (exact) mass is 339 g/mol. The number of nitrogens with one attached hydrogen (secondary N) is 2. The normalized spacial score (nSPS) is 17.8. The van der Waals surface area contributed by atoms with Gasteiger partial charge in [-0.2, -0.15) is 0 Å². The van der Waals surface area contributed by atoms with Crippen LogP contribution in [0.4, 0.5) is 13.6 Å². The highest BCUT2D eigenvalue weighted by molar-refractivity contribution is 5.74. The highest BCUT2D eigenvalue weighted by atomic mass is 19.1. The lowest BCUT2D eigenvalue weighted by Gasteiger charge is -2.33. The lowest BCUT2D eigenvalue weighted by Crippen LogP contribution is -2.48. The van der Waals surface area contributed by atoms with Crippen LogP contribution in [0.25, 0.3) is 0 Å². The van der Waals surface area contributed by atoms with E-state index >= 15 is 0 Å². The van der Waals surface area contributed by atoms with Crippen LogP contribution in [0, 0.1) is 17.6 Å². The highest BCUT2D eigenvalue weighted by Gasteiger charge is 2.22. The summed E-state index contributed by atoms with van der Waals surface area (Å²) < 4.78 is 26.7. The molecule has 1 aliphatic rings. The maximum atomic E-state index is 13.7. The van der Waals surface area contributed by atoms with E-state index in [0.717, 1.165) is 38.5 Å². The summed E-state index contributed by atoms with van der Waals surface area (Å²) in [6.07, 6.45) is 1.83. The minimum Gasteiger partial charge on any atom is -0.335 e. The third-order valence-electron chi connectivity index (χ3n) is 4.32. The second-order valence-electron chi connectivity index (χ2n) is 6.97. The minimum absolute atomic E-state index is 0.138. The number of amides is 2. The number of nitrogens with zero attached hydrogens (tertiary/aromatic N) is 1. The largest absolute Gasteiger partial charge is 0.335 e. The Balaban J connectivity index is 1.79. The van der Waals surface area contributed by atoms with Gasteiger partial charge in [0.25, 0.3) is 0 Å². The summed E-state index contributed by atoms with van der Waals surface area (Å²) in [6.45, 7) is 9.12. The van der Waals surface area contributed by atoms with Crippen molar-refractivity contribution in [3.63, 3.8) is 0 Å². The molecule has 0 spiro atoms. The summed E-state index contributed by atoms with van der Waals surface area (Å²) in [6, 6.07) is 2.69. The van der Waals surface area contributed by atoms with E-state index in [1.807, 2.05) is 0 Å². The number of rotatable bonds is 5. The molecule has 0 bridgehead atoms. The van der Waals surface area contributed by atoms with Crippen LogP contribution < -0.4 is 10.6 Å². The highest BCUT2D eigenvalue weighted by Crippen LogP contribution is 2.18. The summed E-state index contributed by atoms with van der Waals surface area (Å²) >= 11 is 0. The first-order valence-corrected chi connectivity index (χ1v) is 8.59. The van der Waals surface area contributed by atoms with Crippen LogP contribution in [0.5, 0.6) is 0 Å². The number of hydrogen-bond acceptors (Lipinski definition) is 2. The van der Waals surface area contributed by atoms with Gasteiger partial charge in [0.05, 0.1) is 6.04 Å². The summed E-state index contributed by atoms with van der Waals surface area (Å²) in [7, 11) is 0. The average molecular weight is 339 g/mol. The zero-order chi connectivity index (χ0) is 17.7. The van der Waals surface area contributed by atoms with Crippen LogP contribution >= 0.6 is 0 Å². The number of carbonyl (C=O) groups excluding carboxylic acids is 1. The zero-order valence-electron chi connectivity index (χ0n) is 14.6. The van der Waals surface area contributed by atoms with Crippen LogP contribution in [-0.4, -0.2) is 36.6 Å². The number of urea groups is 1. The fourth-order valence-electron chi connectivity index (χ4n) is 3.13. The molecule has 1 atom stereocenters. The van der Waals surface area contributed by atoms with E-state index in [1.165, 1.54) is 12.1 Å². The van der Waals surface area contributed by atoms with Crippen LogP contribution in [0.15, 0.2) is 18.2 Å². The van der Waals surface area contributed by atoms with Gasteiger partial charge >= 0.3 is 6.03 Å². The molecule has 1 aromatic carbocycles. The van der Waals surface area contributed by atoms with Crippen LogP contribution in [0.3, 0.4) is 0 Å². The lowest BCUT2D eigenvalue weighted by molar-refractivity contribution is 0.177. The molecule has 0 unspecified atom stereocenters.